The van der Waals surface area contributed by atoms with Crippen molar-refractivity contribution in [1.82, 2.24) is 0 Å². The molecule has 0 radical (unpaired) electrons. The summed E-state index contributed by atoms with van der Waals surface area (Å²) >= 11 is 0. The minimum atomic E-state index is -0.710. The summed E-state index contributed by atoms with van der Waals surface area (Å²) in [6.07, 6.45) is 0. The average molecular weight is 1430 g/mol. The van der Waals surface area contributed by atoms with Crippen molar-refractivity contribution >= 4 is 101 Å². The molecule has 20 rings (SSSR count). The van der Waals surface area contributed by atoms with E-state index in [0.29, 0.717) is 44.8 Å². The van der Waals surface area contributed by atoms with Crippen LogP contribution in [-0.4, -0.2) is 6.71 Å². The van der Waals surface area contributed by atoms with E-state index in [1.54, 1.807) is 12.1 Å². The molecule has 530 valence electrons. The Hall–Kier alpha value is -13.4. The molecule has 4 heterocycles. The number of rotatable bonds is 11. The van der Waals surface area contributed by atoms with Gasteiger partial charge >= 0.3 is 0 Å². The van der Waals surface area contributed by atoms with Crippen molar-refractivity contribution in [2.45, 2.75) is 52.4 Å². The van der Waals surface area contributed by atoms with E-state index in [1.807, 2.05) is 60.7 Å². The highest BCUT2D eigenvalue weighted by Gasteiger charge is 2.47. The van der Waals surface area contributed by atoms with Crippen LogP contribution in [0.1, 0.15) is 52.7 Å². The summed E-state index contributed by atoms with van der Waals surface area (Å²) in [5.74, 6) is -0.871. The van der Waals surface area contributed by atoms with E-state index in [9.17, 15) is 0 Å². The zero-order valence-electron chi connectivity index (χ0n) is 62.5. The van der Waals surface area contributed by atoms with Crippen molar-refractivity contribution in [1.29, 1.82) is 0 Å². The van der Waals surface area contributed by atoms with Crippen molar-refractivity contribution in [3.63, 3.8) is 0 Å². The molecule has 0 unspecified atom stereocenters. The molecule has 4 nitrogen and oxygen atoms in total. The smallest absolute Gasteiger partial charge is 0.252 e. The summed E-state index contributed by atoms with van der Waals surface area (Å²) in [5, 5.41) is 3.60. The summed E-state index contributed by atoms with van der Waals surface area (Å²) in [7, 11) is 0. The molecule has 0 bridgehead atoms. The first-order valence-corrected chi connectivity index (χ1v) is 38.3. The third-order valence-corrected chi connectivity index (χ3v) is 22.9. The maximum Gasteiger partial charge on any atom is 0.252 e. The van der Waals surface area contributed by atoms with Crippen LogP contribution in [0.4, 0.5) is 42.9 Å². The third kappa shape index (κ3) is 11.1. The Balaban J connectivity index is 0.972. The molecule has 0 saturated carbocycles. The van der Waals surface area contributed by atoms with Crippen LogP contribution in [0.3, 0.4) is 0 Å². The molecule has 2 aromatic heterocycles. The molecule has 0 amide bonds. The monoisotopic (exact) mass is 1430 g/mol. The van der Waals surface area contributed by atoms with E-state index in [1.165, 1.54) is 0 Å². The van der Waals surface area contributed by atoms with Gasteiger partial charge in [0.2, 0.25) is 0 Å². The van der Waals surface area contributed by atoms with E-state index < -0.39 is 18.3 Å². The van der Waals surface area contributed by atoms with Crippen LogP contribution in [0.25, 0.3) is 144 Å². The first-order chi connectivity index (χ1) is 54.2. The van der Waals surface area contributed by atoms with Crippen LogP contribution in [0, 0.1) is 11.6 Å². The van der Waals surface area contributed by atoms with Crippen LogP contribution in [0.2, 0.25) is 0 Å². The quantitative estimate of drug-likeness (QED) is 0.121. The maximum atomic E-state index is 19.7. The number of anilines is 6. The van der Waals surface area contributed by atoms with E-state index in [0.717, 1.165) is 161 Å². The lowest BCUT2D eigenvalue weighted by molar-refractivity contribution is 0.590. The van der Waals surface area contributed by atoms with Gasteiger partial charge in [0.05, 0.1) is 11.4 Å². The Morgan fingerprint density at radius 1 is 0.243 bits per heavy atom. The number of hydrogen-bond donors (Lipinski definition) is 0. The van der Waals surface area contributed by atoms with Gasteiger partial charge in [0.1, 0.15) is 34.0 Å². The third-order valence-electron chi connectivity index (χ3n) is 22.9. The van der Waals surface area contributed by atoms with Gasteiger partial charge in [-0.25, -0.2) is 8.78 Å². The number of benzene rings is 16. The summed E-state index contributed by atoms with van der Waals surface area (Å²) in [6, 6.07) is 120. The minimum absolute atomic E-state index is 0.313. The summed E-state index contributed by atoms with van der Waals surface area (Å²) in [4.78, 5) is 4.78. The van der Waals surface area contributed by atoms with Crippen molar-refractivity contribution in [2.75, 3.05) is 9.80 Å². The van der Waals surface area contributed by atoms with E-state index in [2.05, 4.69) is 324 Å². The molecule has 0 atom stereocenters. The number of nitrogens with zero attached hydrogens (tertiary/aromatic N) is 2. The number of fused-ring (bicyclic) bond motifs is 10. The van der Waals surface area contributed by atoms with Crippen molar-refractivity contribution < 1.29 is 17.6 Å². The Morgan fingerprint density at radius 3 is 0.811 bits per heavy atom. The molecule has 0 saturated heterocycles. The van der Waals surface area contributed by atoms with Gasteiger partial charge < -0.3 is 18.6 Å². The Morgan fingerprint density at radius 2 is 0.514 bits per heavy atom. The van der Waals surface area contributed by atoms with Crippen LogP contribution in [0.15, 0.2) is 355 Å². The first kappa shape index (κ1) is 67.0. The van der Waals surface area contributed by atoms with Gasteiger partial charge in [-0.1, -0.05) is 339 Å². The van der Waals surface area contributed by atoms with Gasteiger partial charge in [-0.2, -0.15) is 0 Å². The van der Waals surface area contributed by atoms with Gasteiger partial charge in [0, 0.05) is 99.9 Å². The summed E-state index contributed by atoms with van der Waals surface area (Å²) in [5.41, 5.74) is 27.1. The normalized spacial score (nSPS) is 12.6. The molecular formula is C104H75BF2N2O2. The predicted molar refractivity (Wildman–Crippen MR) is 461 cm³/mol. The van der Waals surface area contributed by atoms with E-state index in [4.69, 9.17) is 8.83 Å². The molecule has 16 aromatic carbocycles. The van der Waals surface area contributed by atoms with Gasteiger partial charge in [-0.15, -0.1) is 0 Å². The van der Waals surface area contributed by atoms with Gasteiger partial charge in [0.25, 0.3) is 6.71 Å². The average Bonchev–Trinajstić information content (AvgIpc) is 1.63. The topological polar surface area (TPSA) is 32.8 Å². The highest BCUT2D eigenvalue weighted by molar-refractivity contribution is 7.00. The minimum Gasteiger partial charge on any atom is -0.455 e. The summed E-state index contributed by atoms with van der Waals surface area (Å²) in [6.45, 7) is 12.9. The molecule has 0 spiro atoms. The number of para-hydroxylation sites is 4. The number of halogens is 2. The molecular weight excluding hydrogens is 1360 g/mol. The second-order valence-corrected chi connectivity index (χ2v) is 31.6. The second kappa shape index (κ2) is 26.2. The van der Waals surface area contributed by atoms with Crippen molar-refractivity contribution in [3.8, 4) is 100 Å². The van der Waals surface area contributed by atoms with Crippen LogP contribution in [-0.2, 0) is 10.8 Å². The van der Waals surface area contributed by atoms with Crippen LogP contribution >= 0.6 is 0 Å². The standard InChI is InChI=1S/C104H75BF2N2O2/c1-103(2,3)72-56-82(67-38-20-10-21-39-67)97(83(57-72)68-40-22-11-23-41-68)108-92-62-90(106)86(80-52-30-50-78-76-48-28-46-74(99(76)110-101(78)80)65-34-16-8-17-35-65)60-88(92)105-89-61-87(81-53-31-51-79-77-49-29-47-75(100(77)111-102(79)81)66-36-18-9-19-37-66)91(107)63-93(89)109(95-55-71(54-94(108)96(95)105)64-32-14-7-15-33-64)98-84(69-42-24-12-25-43-69)58-73(104(4,5)6)59-85(98)70-44-26-13-27-45-70/h7-63H,1-6H3. The molecule has 0 aliphatic carbocycles. The van der Waals surface area contributed by atoms with Crippen molar-refractivity contribution in [3.05, 3.63) is 369 Å². The fourth-order valence-corrected chi connectivity index (χ4v) is 17.4. The van der Waals surface area contributed by atoms with Crippen molar-refractivity contribution in [2.24, 2.45) is 0 Å². The zero-order chi connectivity index (χ0) is 75.0. The Bertz CT molecular complexity index is 6220. The Kier molecular flexibility index (Phi) is 15.8. The number of hydrogen-bond acceptors (Lipinski definition) is 4. The highest BCUT2D eigenvalue weighted by Crippen LogP contribution is 2.57. The first-order valence-electron chi connectivity index (χ1n) is 38.3. The summed E-state index contributed by atoms with van der Waals surface area (Å²) < 4.78 is 53.9. The van der Waals surface area contributed by atoms with E-state index in [-0.39, 0.29) is 10.8 Å². The molecule has 7 heteroatoms. The van der Waals surface area contributed by atoms with Gasteiger partial charge in [0.15, 0.2) is 0 Å². The fraction of sp³-hybridized carbons (Fsp3) is 0.0769. The molecule has 111 heavy (non-hydrogen) atoms. The largest absolute Gasteiger partial charge is 0.455 e. The van der Waals surface area contributed by atoms with Crippen LogP contribution < -0.4 is 26.2 Å². The molecule has 2 aliphatic rings. The fourth-order valence-electron chi connectivity index (χ4n) is 17.4. The Labute approximate surface area is 645 Å². The zero-order valence-corrected chi connectivity index (χ0v) is 62.5. The molecule has 18 aromatic rings. The van der Waals surface area contributed by atoms with E-state index >= 15 is 8.78 Å². The second-order valence-electron chi connectivity index (χ2n) is 31.6. The predicted octanol–water partition coefficient (Wildman–Crippen LogP) is 27.4. The van der Waals surface area contributed by atoms with Gasteiger partial charge in [-0.05, 0) is 131 Å². The highest BCUT2D eigenvalue weighted by atomic mass is 19.1. The lowest BCUT2D eigenvalue weighted by Crippen LogP contribution is -2.61. The van der Waals surface area contributed by atoms with Crippen LogP contribution in [0.5, 0.6) is 0 Å². The molecule has 0 N–H and O–H groups in total. The molecule has 0 fully saturated rings. The number of furan rings is 2. The lowest BCUT2D eigenvalue weighted by atomic mass is 9.33. The maximum absolute atomic E-state index is 19.7. The lowest BCUT2D eigenvalue weighted by Gasteiger charge is -2.46. The van der Waals surface area contributed by atoms with Gasteiger partial charge in [-0.3, -0.25) is 0 Å². The molecule has 2 aliphatic heterocycles. The SMILES string of the molecule is CC(C)(C)c1cc(-c2ccccc2)c(N2c3cc(F)c(-c4cccc5c4oc4c(-c6ccccc6)cccc45)cc3B3c4cc(-c5cccc6c5oc5c(-c7ccccc7)cccc56)c(F)cc4N(c4c(-c5ccccc5)cc(C(C)(C)C)cc4-c4ccccc4)c4cc(-c5ccccc5)cc2c43)c(-c2ccccc2)c1.